The van der Waals surface area contributed by atoms with Crippen molar-refractivity contribution in [3.63, 3.8) is 0 Å². The number of phenols is 1. The minimum absolute atomic E-state index is 0.0617. The maximum absolute atomic E-state index is 10.0. The summed E-state index contributed by atoms with van der Waals surface area (Å²) in [4.78, 5) is 4.35. The van der Waals surface area contributed by atoms with Gasteiger partial charge in [-0.2, -0.15) is 5.10 Å². The van der Waals surface area contributed by atoms with E-state index in [0.29, 0.717) is 11.3 Å². The fraction of sp³-hybridized carbons (Fsp3) is 0.0588. The zero-order valence-electron chi connectivity index (χ0n) is 12.0. The lowest BCUT2D eigenvalue weighted by atomic mass is 10.2. The molecule has 0 saturated carbocycles. The number of rotatable bonds is 4. The highest BCUT2D eigenvalue weighted by atomic mass is 16.5. The highest BCUT2D eigenvalue weighted by molar-refractivity contribution is 5.91. The Labute approximate surface area is 127 Å². The number of aromatic hydroxyl groups is 1. The molecule has 0 unspecified atom stereocenters. The van der Waals surface area contributed by atoms with E-state index in [0.717, 1.165) is 16.6 Å². The minimum Gasteiger partial charge on any atom is -0.504 e. The van der Waals surface area contributed by atoms with Gasteiger partial charge in [0.05, 0.1) is 24.5 Å². The average Bonchev–Trinajstić information content (AvgIpc) is 2.56. The minimum atomic E-state index is 0.0617. The van der Waals surface area contributed by atoms with E-state index < -0.39 is 0 Å². The van der Waals surface area contributed by atoms with E-state index >= 15 is 0 Å². The van der Waals surface area contributed by atoms with Gasteiger partial charge in [0.2, 0.25) is 0 Å². The third kappa shape index (κ3) is 2.69. The summed E-state index contributed by atoms with van der Waals surface area (Å²) in [5.74, 6) is 0.474. The van der Waals surface area contributed by atoms with Gasteiger partial charge in [-0.1, -0.05) is 24.3 Å². The molecule has 0 radical (unpaired) electrons. The van der Waals surface area contributed by atoms with Crippen LogP contribution in [0, 0.1) is 0 Å². The van der Waals surface area contributed by atoms with Crippen molar-refractivity contribution in [2.75, 3.05) is 12.5 Å². The summed E-state index contributed by atoms with van der Waals surface area (Å²) in [6, 6.07) is 14.9. The standard InChI is InChI=1S/C17H15N3O2/c1-22-15-9-3-6-13(17(15)21)11-19-20-14-8-2-5-12-7-4-10-18-16(12)14/h2-11,20-21H,1H3. The fourth-order valence-corrected chi connectivity index (χ4v) is 2.17. The first-order chi connectivity index (χ1) is 10.8. The molecule has 2 aromatic carbocycles. The molecule has 1 aromatic heterocycles. The largest absolute Gasteiger partial charge is 0.504 e. The van der Waals surface area contributed by atoms with Crippen LogP contribution in [-0.2, 0) is 0 Å². The van der Waals surface area contributed by atoms with Crippen molar-refractivity contribution in [2.24, 2.45) is 5.10 Å². The molecule has 0 bridgehead atoms. The van der Waals surface area contributed by atoms with Crippen LogP contribution in [0.3, 0.4) is 0 Å². The molecule has 0 aliphatic carbocycles. The Morgan fingerprint density at radius 2 is 1.95 bits per heavy atom. The normalized spacial score (nSPS) is 11.0. The molecule has 0 aliphatic rings. The summed E-state index contributed by atoms with van der Waals surface area (Å²) in [5, 5.41) is 15.2. The first kappa shape index (κ1) is 13.9. The fourth-order valence-electron chi connectivity index (χ4n) is 2.17. The summed E-state index contributed by atoms with van der Waals surface area (Å²) in [5.41, 5.74) is 5.17. The first-order valence-corrected chi connectivity index (χ1v) is 6.78. The number of hydrogen-bond acceptors (Lipinski definition) is 5. The maximum Gasteiger partial charge on any atom is 0.166 e. The second-order valence-corrected chi connectivity index (χ2v) is 4.65. The zero-order chi connectivity index (χ0) is 15.4. The van der Waals surface area contributed by atoms with Gasteiger partial charge in [0.15, 0.2) is 11.5 Å². The highest BCUT2D eigenvalue weighted by Crippen LogP contribution is 2.28. The molecule has 0 spiro atoms. The molecular formula is C17H15N3O2. The number of para-hydroxylation sites is 2. The average molecular weight is 293 g/mol. The van der Waals surface area contributed by atoms with E-state index in [-0.39, 0.29) is 5.75 Å². The van der Waals surface area contributed by atoms with Gasteiger partial charge in [0.1, 0.15) is 0 Å². The van der Waals surface area contributed by atoms with Crippen LogP contribution in [0.2, 0.25) is 0 Å². The lowest BCUT2D eigenvalue weighted by Gasteiger charge is -2.06. The van der Waals surface area contributed by atoms with Crippen LogP contribution in [0.4, 0.5) is 5.69 Å². The van der Waals surface area contributed by atoms with Gasteiger partial charge >= 0.3 is 0 Å². The summed E-state index contributed by atoms with van der Waals surface area (Å²) in [6.45, 7) is 0. The van der Waals surface area contributed by atoms with Crippen molar-refractivity contribution < 1.29 is 9.84 Å². The van der Waals surface area contributed by atoms with Crippen LogP contribution >= 0.6 is 0 Å². The number of aromatic nitrogens is 1. The van der Waals surface area contributed by atoms with Gasteiger partial charge in [-0.3, -0.25) is 10.4 Å². The Morgan fingerprint density at radius 1 is 1.14 bits per heavy atom. The molecule has 5 nitrogen and oxygen atoms in total. The predicted molar refractivity (Wildman–Crippen MR) is 87.6 cm³/mol. The van der Waals surface area contributed by atoms with E-state index in [9.17, 15) is 5.11 Å². The summed E-state index contributed by atoms with van der Waals surface area (Å²) < 4.78 is 5.07. The van der Waals surface area contributed by atoms with Gasteiger partial charge < -0.3 is 9.84 Å². The molecule has 0 atom stereocenters. The molecule has 1 heterocycles. The van der Waals surface area contributed by atoms with E-state index in [1.165, 1.54) is 7.11 Å². The summed E-state index contributed by atoms with van der Waals surface area (Å²) in [6.07, 6.45) is 3.28. The maximum atomic E-state index is 10.0. The summed E-state index contributed by atoms with van der Waals surface area (Å²) >= 11 is 0. The van der Waals surface area contributed by atoms with Gasteiger partial charge in [0, 0.05) is 17.1 Å². The van der Waals surface area contributed by atoms with Crippen LogP contribution in [0.1, 0.15) is 5.56 Å². The monoisotopic (exact) mass is 293 g/mol. The highest BCUT2D eigenvalue weighted by Gasteiger charge is 2.05. The van der Waals surface area contributed by atoms with Crippen molar-refractivity contribution in [1.82, 2.24) is 4.98 Å². The van der Waals surface area contributed by atoms with Crippen LogP contribution in [0.5, 0.6) is 11.5 Å². The Kier molecular flexibility index (Phi) is 3.87. The molecule has 3 aromatic rings. The smallest absolute Gasteiger partial charge is 0.166 e. The predicted octanol–water partition coefficient (Wildman–Crippen LogP) is 3.40. The Bertz CT molecular complexity index is 826. The Morgan fingerprint density at radius 3 is 2.82 bits per heavy atom. The number of methoxy groups -OCH3 is 1. The molecule has 0 fully saturated rings. The molecule has 0 saturated heterocycles. The quantitative estimate of drug-likeness (QED) is 0.571. The number of nitrogens with one attached hydrogen (secondary N) is 1. The zero-order valence-corrected chi connectivity index (χ0v) is 12.0. The lowest BCUT2D eigenvalue weighted by molar-refractivity contribution is 0.373. The number of ether oxygens (including phenoxy) is 1. The van der Waals surface area contributed by atoms with Crippen LogP contribution in [0.25, 0.3) is 10.9 Å². The number of hydrazone groups is 1. The van der Waals surface area contributed by atoms with E-state index in [2.05, 4.69) is 15.5 Å². The van der Waals surface area contributed by atoms with Crippen molar-refractivity contribution in [2.45, 2.75) is 0 Å². The number of fused-ring (bicyclic) bond motifs is 1. The van der Waals surface area contributed by atoms with Crippen molar-refractivity contribution in [3.8, 4) is 11.5 Å². The van der Waals surface area contributed by atoms with Gasteiger partial charge in [-0.25, -0.2) is 0 Å². The van der Waals surface area contributed by atoms with Crippen molar-refractivity contribution in [1.29, 1.82) is 0 Å². The Hall–Kier alpha value is -3.08. The number of phenolic OH excluding ortho intramolecular Hbond substituents is 1. The van der Waals surface area contributed by atoms with Gasteiger partial charge in [-0.15, -0.1) is 0 Å². The molecular weight excluding hydrogens is 278 g/mol. The van der Waals surface area contributed by atoms with E-state index in [1.807, 2.05) is 30.3 Å². The molecule has 0 amide bonds. The molecule has 0 aliphatic heterocycles. The third-order valence-corrected chi connectivity index (χ3v) is 3.27. The number of benzene rings is 2. The van der Waals surface area contributed by atoms with Crippen LogP contribution < -0.4 is 10.2 Å². The topological polar surface area (TPSA) is 66.7 Å². The number of anilines is 1. The SMILES string of the molecule is COc1cccc(C=NNc2cccc3cccnc23)c1O. The second-order valence-electron chi connectivity index (χ2n) is 4.65. The van der Waals surface area contributed by atoms with Gasteiger partial charge in [0.25, 0.3) is 0 Å². The second kappa shape index (κ2) is 6.13. The number of nitrogens with zero attached hydrogens (tertiary/aromatic N) is 2. The number of pyridine rings is 1. The number of hydrogen-bond donors (Lipinski definition) is 2. The van der Waals surface area contributed by atoms with Crippen LogP contribution in [0.15, 0.2) is 59.8 Å². The van der Waals surface area contributed by atoms with E-state index in [1.54, 1.807) is 30.6 Å². The van der Waals surface area contributed by atoms with Gasteiger partial charge in [-0.05, 0) is 24.3 Å². The molecule has 3 rings (SSSR count). The third-order valence-electron chi connectivity index (χ3n) is 3.27. The van der Waals surface area contributed by atoms with Crippen molar-refractivity contribution >= 4 is 22.8 Å². The molecule has 5 heteroatoms. The lowest BCUT2D eigenvalue weighted by Crippen LogP contribution is -1.94. The first-order valence-electron chi connectivity index (χ1n) is 6.78. The van der Waals surface area contributed by atoms with Crippen molar-refractivity contribution in [3.05, 3.63) is 60.3 Å². The molecule has 110 valence electrons. The van der Waals surface area contributed by atoms with Crippen LogP contribution in [-0.4, -0.2) is 23.4 Å². The van der Waals surface area contributed by atoms with E-state index in [4.69, 9.17) is 4.74 Å². The summed E-state index contributed by atoms with van der Waals surface area (Å²) in [7, 11) is 1.51. The molecule has 2 N–H and O–H groups in total. The Balaban J connectivity index is 1.85. The molecule has 22 heavy (non-hydrogen) atoms.